The third-order valence-electron chi connectivity index (χ3n) is 2.04. The molecule has 0 fully saturated rings. The van der Waals surface area contributed by atoms with Crippen LogP contribution in [0, 0.1) is 13.8 Å². The number of aryl methyl sites for hydroxylation is 2. The molecule has 0 saturated heterocycles. The van der Waals surface area contributed by atoms with E-state index in [2.05, 4.69) is 4.84 Å². The van der Waals surface area contributed by atoms with Crippen LogP contribution in [-0.2, 0) is 4.84 Å². The maximum atomic E-state index is 9.59. The lowest BCUT2D eigenvalue weighted by Crippen LogP contribution is -2.11. The molecule has 1 unspecified atom stereocenters. The molecule has 0 amide bonds. The second-order valence-corrected chi connectivity index (χ2v) is 3.21. The molecular weight excluding hydrogens is 166 g/mol. The Hall–Kier alpha value is -0.900. The smallest absolute Gasteiger partial charge is 0.105 e. The van der Waals surface area contributed by atoms with Gasteiger partial charge in [0, 0.05) is 0 Å². The van der Waals surface area contributed by atoms with Crippen LogP contribution in [0.2, 0.25) is 0 Å². The van der Waals surface area contributed by atoms with Crippen LogP contribution >= 0.6 is 0 Å². The van der Waals surface area contributed by atoms with Gasteiger partial charge in [-0.1, -0.05) is 23.8 Å². The molecule has 3 heteroatoms. The Morgan fingerprint density at radius 1 is 1.46 bits per heavy atom. The number of hydrogen-bond donors (Lipinski definition) is 2. The zero-order valence-electron chi connectivity index (χ0n) is 7.95. The fourth-order valence-corrected chi connectivity index (χ4v) is 1.38. The van der Waals surface area contributed by atoms with Gasteiger partial charge in [-0.05, 0) is 25.0 Å². The van der Waals surface area contributed by atoms with E-state index in [1.165, 1.54) is 5.56 Å². The molecule has 0 heterocycles. The van der Waals surface area contributed by atoms with E-state index in [0.29, 0.717) is 0 Å². The predicted octanol–water partition coefficient (Wildman–Crippen LogP) is 1.23. The van der Waals surface area contributed by atoms with E-state index in [0.717, 1.165) is 11.1 Å². The quantitative estimate of drug-likeness (QED) is 0.689. The molecule has 1 aromatic carbocycles. The van der Waals surface area contributed by atoms with Crippen LogP contribution in [0.4, 0.5) is 0 Å². The monoisotopic (exact) mass is 181 g/mol. The van der Waals surface area contributed by atoms with E-state index in [9.17, 15) is 5.11 Å². The Kier molecular flexibility index (Phi) is 3.42. The first-order valence-electron chi connectivity index (χ1n) is 4.22. The topological polar surface area (TPSA) is 55.5 Å². The number of hydrogen-bond acceptors (Lipinski definition) is 3. The molecule has 0 saturated carbocycles. The molecule has 0 spiro atoms. The van der Waals surface area contributed by atoms with Crippen LogP contribution in [0.3, 0.4) is 0 Å². The van der Waals surface area contributed by atoms with Crippen LogP contribution < -0.4 is 5.90 Å². The first kappa shape index (κ1) is 10.2. The van der Waals surface area contributed by atoms with Gasteiger partial charge in [0.2, 0.25) is 0 Å². The Balaban J connectivity index is 2.88. The highest BCUT2D eigenvalue weighted by Gasteiger charge is 2.09. The highest BCUT2D eigenvalue weighted by Crippen LogP contribution is 2.18. The van der Waals surface area contributed by atoms with Crippen molar-refractivity contribution in [1.29, 1.82) is 0 Å². The largest absolute Gasteiger partial charge is 0.386 e. The number of benzene rings is 1. The summed E-state index contributed by atoms with van der Waals surface area (Å²) in [6, 6.07) is 5.88. The van der Waals surface area contributed by atoms with Gasteiger partial charge in [-0.25, -0.2) is 5.90 Å². The number of aliphatic hydroxyl groups excluding tert-OH is 1. The maximum absolute atomic E-state index is 9.59. The number of aliphatic hydroxyl groups is 1. The van der Waals surface area contributed by atoms with Crippen molar-refractivity contribution in [3.8, 4) is 0 Å². The van der Waals surface area contributed by atoms with Crippen molar-refractivity contribution in [3.63, 3.8) is 0 Å². The average molecular weight is 181 g/mol. The third kappa shape index (κ3) is 2.52. The fourth-order valence-electron chi connectivity index (χ4n) is 1.38. The van der Waals surface area contributed by atoms with Gasteiger partial charge in [-0.3, -0.25) is 0 Å². The summed E-state index contributed by atoms with van der Waals surface area (Å²) in [5, 5.41) is 9.59. The summed E-state index contributed by atoms with van der Waals surface area (Å²) >= 11 is 0. The van der Waals surface area contributed by atoms with E-state index < -0.39 is 6.10 Å². The molecule has 3 N–H and O–H groups in total. The molecule has 1 atom stereocenters. The summed E-state index contributed by atoms with van der Waals surface area (Å²) in [7, 11) is 0. The maximum Gasteiger partial charge on any atom is 0.105 e. The zero-order valence-corrected chi connectivity index (χ0v) is 7.95. The molecule has 0 radical (unpaired) electrons. The molecule has 1 aromatic rings. The number of nitrogens with two attached hydrogens (primary N) is 1. The summed E-state index contributed by atoms with van der Waals surface area (Å²) in [4.78, 5) is 4.39. The SMILES string of the molecule is Cc1ccc(C(O)CON)c(C)c1. The van der Waals surface area contributed by atoms with E-state index in [1.807, 2.05) is 32.0 Å². The first-order valence-corrected chi connectivity index (χ1v) is 4.22. The Morgan fingerprint density at radius 2 is 2.15 bits per heavy atom. The van der Waals surface area contributed by atoms with E-state index >= 15 is 0 Å². The second-order valence-electron chi connectivity index (χ2n) is 3.21. The predicted molar refractivity (Wildman–Crippen MR) is 51.0 cm³/mol. The molecular formula is C10H15NO2. The molecule has 0 aromatic heterocycles. The number of rotatable bonds is 3. The highest BCUT2D eigenvalue weighted by atomic mass is 16.6. The Morgan fingerprint density at radius 3 is 2.69 bits per heavy atom. The lowest BCUT2D eigenvalue weighted by atomic mass is 10.0. The molecule has 0 aliphatic heterocycles. The van der Waals surface area contributed by atoms with E-state index in [4.69, 9.17) is 5.90 Å². The Bertz CT molecular complexity index is 286. The first-order chi connectivity index (χ1) is 6.15. The second kappa shape index (κ2) is 4.37. The van der Waals surface area contributed by atoms with E-state index in [1.54, 1.807) is 0 Å². The minimum absolute atomic E-state index is 0.129. The third-order valence-corrected chi connectivity index (χ3v) is 2.04. The summed E-state index contributed by atoms with van der Waals surface area (Å²) in [5.74, 6) is 4.89. The standard InChI is InChI=1S/C10H15NO2/c1-7-3-4-9(8(2)5-7)10(12)6-13-11/h3-5,10,12H,6,11H2,1-2H3. The average Bonchev–Trinajstić information content (AvgIpc) is 2.04. The summed E-state index contributed by atoms with van der Waals surface area (Å²) in [5.41, 5.74) is 3.11. The summed E-state index contributed by atoms with van der Waals surface area (Å²) in [6.45, 7) is 4.11. The van der Waals surface area contributed by atoms with E-state index in [-0.39, 0.29) is 6.61 Å². The normalized spacial score (nSPS) is 12.9. The summed E-state index contributed by atoms with van der Waals surface area (Å²) < 4.78 is 0. The fraction of sp³-hybridized carbons (Fsp3) is 0.400. The molecule has 0 bridgehead atoms. The minimum Gasteiger partial charge on any atom is -0.386 e. The van der Waals surface area contributed by atoms with Crippen molar-refractivity contribution in [1.82, 2.24) is 0 Å². The van der Waals surface area contributed by atoms with Gasteiger partial charge in [0.05, 0.1) is 6.61 Å². The molecule has 1 rings (SSSR count). The molecule has 0 aliphatic rings. The van der Waals surface area contributed by atoms with Gasteiger partial charge < -0.3 is 9.94 Å². The lowest BCUT2D eigenvalue weighted by molar-refractivity contribution is 0.0356. The van der Waals surface area contributed by atoms with Gasteiger partial charge in [0.15, 0.2) is 0 Å². The van der Waals surface area contributed by atoms with Gasteiger partial charge in [-0.15, -0.1) is 0 Å². The van der Waals surface area contributed by atoms with Crippen LogP contribution in [0.15, 0.2) is 18.2 Å². The van der Waals surface area contributed by atoms with Crippen LogP contribution in [0.1, 0.15) is 22.8 Å². The Labute approximate surface area is 78.1 Å². The lowest BCUT2D eigenvalue weighted by Gasteiger charge is -2.12. The van der Waals surface area contributed by atoms with Crippen molar-refractivity contribution in [2.45, 2.75) is 20.0 Å². The van der Waals surface area contributed by atoms with Crippen molar-refractivity contribution in [2.75, 3.05) is 6.61 Å². The van der Waals surface area contributed by atoms with Crippen molar-refractivity contribution >= 4 is 0 Å². The van der Waals surface area contributed by atoms with Crippen molar-refractivity contribution in [2.24, 2.45) is 5.90 Å². The van der Waals surface area contributed by atoms with Gasteiger partial charge in [0.1, 0.15) is 6.10 Å². The van der Waals surface area contributed by atoms with Crippen molar-refractivity contribution < 1.29 is 9.94 Å². The highest BCUT2D eigenvalue weighted by molar-refractivity contribution is 5.31. The van der Waals surface area contributed by atoms with Gasteiger partial charge in [0.25, 0.3) is 0 Å². The van der Waals surface area contributed by atoms with Gasteiger partial charge >= 0.3 is 0 Å². The van der Waals surface area contributed by atoms with Crippen LogP contribution in [-0.4, -0.2) is 11.7 Å². The van der Waals surface area contributed by atoms with Gasteiger partial charge in [-0.2, -0.15) is 0 Å². The zero-order chi connectivity index (χ0) is 9.84. The molecule has 3 nitrogen and oxygen atoms in total. The van der Waals surface area contributed by atoms with Crippen molar-refractivity contribution in [3.05, 3.63) is 34.9 Å². The molecule has 0 aliphatic carbocycles. The summed E-state index contributed by atoms with van der Waals surface area (Å²) in [6.07, 6.45) is -0.634. The molecule has 72 valence electrons. The minimum atomic E-state index is -0.634. The van der Waals surface area contributed by atoms with Crippen LogP contribution in [0.25, 0.3) is 0 Å². The molecule has 13 heavy (non-hydrogen) atoms. The van der Waals surface area contributed by atoms with Crippen LogP contribution in [0.5, 0.6) is 0 Å².